The van der Waals surface area contributed by atoms with E-state index in [0.717, 1.165) is 25.7 Å². The maximum Gasteiger partial charge on any atom is 0.164 e. The number of nitrogen functional groups attached to an aromatic ring is 1. The van der Waals surface area contributed by atoms with E-state index < -0.39 is 0 Å². The Morgan fingerprint density at radius 3 is 2.62 bits per heavy atom. The highest BCUT2D eigenvalue weighted by atomic mass is 127. The smallest absolute Gasteiger partial charge is 0.164 e. The topological polar surface area (TPSA) is 64.7 Å². The van der Waals surface area contributed by atoms with Crippen molar-refractivity contribution >= 4 is 39.3 Å². The minimum Gasteiger partial charge on any atom is -0.383 e. The Kier molecular flexibility index (Phi) is 3.75. The third-order valence-corrected chi connectivity index (χ3v) is 4.43. The Morgan fingerprint density at radius 1 is 1.10 bits per heavy atom. The van der Waals surface area contributed by atoms with Crippen LogP contribution in [0.5, 0.6) is 0 Å². The molecule has 5 heteroatoms. The fourth-order valence-corrected chi connectivity index (χ4v) is 3.13. The zero-order valence-corrected chi connectivity index (χ0v) is 14.0. The molecule has 0 saturated carbocycles. The molecule has 0 bridgehead atoms. The van der Waals surface area contributed by atoms with Gasteiger partial charge >= 0.3 is 0 Å². The van der Waals surface area contributed by atoms with Gasteiger partial charge in [-0.15, -0.1) is 0 Å². The van der Waals surface area contributed by atoms with E-state index in [2.05, 4.69) is 46.4 Å². The average Bonchev–Trinajstić information content (AvgIpc) is 2.49. The molecule has 2 aromatic heterocycles. The molecule has 0 atom stereocenters. The number of hydrogen-bond acceptors (Lipinski definition) is 4. The Labute approximate surface area is 137 Å². The Hall–Kier alpha value is -1.76. The lowest BCUT2D eigenvalue weighted by atomic mass is 10.1. The maximum absolute atomic E-state index is 6.06. The fourth-order valence-electron chi connectivity index (χ4n) is 2.27. The molecule has 1 aromatic carbocycles. The van der Waals surface area contributed by atoms with Crippen molar-refractivity contribution in [3.8, 4) is 11.4 Å². The number of pyridine rings is 1. The first-order chi connectivity index (χ1) is 10.1. The number of nitrogens with zero attached hydrogens (tertiary/aromatic N) is 3. The minimum absolute atomic E-state index is 0.295. The van der Waals surface area contributed by atoms with Crippen LogP contribution in [0.25, 0.3) is 22.3 Å². The van der Waals surface area contributed by atoms with E-state index in [1.165, 1.54) is 0 Å². The van der Waals surface area contributed by atoms with Crippen molar-refractivity contribution in [2.45, 2.75) is 19.8 Å². The number of hydrogen-bond donors (Lipinski definition) is 1. The molecule has 0 spiro atoms. The van der Waals surface area contributed by atoms with Crippen molar-refractivity contribution in [3.63, 3.8) is 0 Å². The van der Waals surface area contributed by atoms with Gasteiger partial charge in [-0.3, -0.25) is 4.98 Å². The number of benzene rings is 1. The van der Waals surface area contributed by atoms with Gasteiger partial charge in [0, 0.05) is 17.1 Å². The third kappa shape index (κ3) is 2.57. The predicted octanol–water partition coefficient (Wildman–Crippen LogP) is 4.00. The molecule has 0 unspecified atom stereocenters. The van der Waals surface area contributed by atoms with Crippen molar-refractivity contribution in [3.05, 3.63) is 45.8 Å². The second-order valence-corrected chi connectivity index (χ2v) is 6.25. The average molecular weight is 390 g/mol. The first-order valence-corrected chi connectivity index (χ1v) is 7.83. The SMILES string of the molecule is CC(C)c1nc(-c2cccc3cccnc23)nc(N)c1I. The molecule has 0 fully saturated rings. The van der Waals surface area contributed by atoms with Gasteiger partial charge in [0.25, 0.3) is 0 Å². The van der Waals surface area contributed by atoms with Crippen LogP contribution in [-0.2, 0) is 0 Å². The molecule has 2 N–H and O–H groups in total. The van der Waals surface area contributed by atoms with Crippen LogP contribution in [0.1, 0.15) is 25.5 Å². The van der Waals surface area contributed by atoms with Crippen LogP contribution >= 0.6 is 22.6 Å². The zero-order valence-electron chi connectivity index (χ0n) is 11.8. The molecule has 106 valence electrons. The number of aromatic nitrogens is 3. The van der Waals surface area contributed by atoms with Crippen LogP contribution in [-0.4, -0.2) is 15.0 Å². The zero-order chi connectivity index (χ0) is 15.0. The molecule has 0 aliphatic carbocycles. The molecule has 21 heavy (non-hydrogen) atoms. The summed E-state index contributed by atoms with van der Waals surface area (Å²) in [7, 11) is 0. The lowest BCUT2D eigenvalue weighted by Crippen LogP contribution is -2.06. The van der Waals surface area contributed by atoms with Gasteiger partial charge in [-0.1, -0.05) is 32.0 Å². The number of rotatable bonds is 2. The van der Waals surface area contributed by atoms with Crippen LogP contribution in [0.3, 0.4) is 0 Å². The molecule has 2 heterocycles. The van der Waals surface area contributed by atoms with Crippen molar-refractivity contribution in [1.29, 1.82) is 0 Å². The normalized spacial score (nSPS) is 11.2. The molecule has 0 radical (unpaired) electrons. The number of anilines is 1. The first kappa shape index (κ1) is 14.2. The highest BCUT2D eigenvalue weighted by Crippen LogP contribution is 2.29. The van der Waals surface area contributed by atoms with Gasteiger partial charge in [0.15, 0.2) is 5.82 Å². The van der Waals surface area contributed by atoms with E-state index in [4.69, 9.17) is 10.7 Å². The maximum atomic E-state index is 6.06. The van der Waals surface area contributed by atoms with E-state index in [-0.39, 0.29) is 0 Å². The lowest BCUT2D eigenvalue weighted by molar-refractivity contribution is 0.810. The number of para-hydroxylation sites is 1. The van der Waals surface area contributed by atoms with Gasteiger partial charge in [-0.2, -0.15) is 0 Å². The van der Waals surface area contributed by atoms with Gasteiger partial charge in [-0.25, -0.2) is 9.97 Å². The van der Waals surface area contributed by atoms with Crippen molar-refractivity contribution in [2.75, 3.05) is 5.73 Å². The summed E-state index contributed by atoms with van der Waals surface area (Å²) in [5, 5.41) is 1.07. The number of halogens is 1. The molecule has 0 amide bonds. The number of fused-ring (bicyclic) bond motifs is 1. The molecule has 3 rings (SSSR count). The number of nitrogens with two attached hydrogens (primary N) is 1. The Bertz CT molecular complexity index is 809. The van der Waals surface area contributed by atoms with E-state index in [1.54, 1.807) is 6.20 Å². The van der Waals surface area contributed by atoms with Crippen molar-refractivity contribution in [1.82, 2.24) is 15.0 Å². The largest absolute Gasteiger partial charge is 0.383 e. The van der Waals surface area contributed by atoms with E-state index in [9.17, 15) is 0 Å². The second kappa shape index (κ2) is 5.55. The lowest BCUT2D eigenvalue weighted by Gasteiger charge is -2.12. The van der Waals surface area contributed by atoms with Crippen LogP contribution in [0, 0.1) is 3.57 Å². The summed E-state index contributed by atoms with van der Waals surface area (Å²) in [6.07, 6.45) is 1.78. The molecule has 0 saturated heterocycles. The fraction of sp³-hybridized carbons (Fsp3) is 0.188. The van der Waals surface area contributed by atoms with Gasteiger partial charge in [0.05, 0.1) is 14.8 Å². The predicted molar refractivity (Wildman–Crippen MR) is 94.0 cm³/mol. The quantitative estimate of drug-likeness (QED) is 0.672. The molecule has 0 aliphatic heterocycles. The standard InChI is InChI=1S/C16H15IN4/c1-9(2)13-12(17)15(18)21-16(20-13)11-7-3-5-10-6-4-8-19-14(10)11/h3-9H,1-2H3,(H2,18,20,21). The van der Waals surface area contributed by atoms with E-state index in [0.29, 0.717) is 17.6 Å². The van der Waals surface area contributed by atoms with E-state index in [1.807, 2.05) is 30.3 Å². The summed E-state index contributed by atoms with van der Waals surface area (Å²) in [6, 6.07) is 9.97. The van der Waals surface area contributed by atoms with E-state index >= 15 is 0 Å². The molecular weight excluding hydrogens is 375 g/mol. The monoisotopic (exact) mass is 390 g/mol. The summed E-state index contributed by atoms with van der Waals surface area (Å²) in [5.74, 6) is 1.46. The molecule has 3 aromatic rings. The van der Waals surface area contributed by atoms with Crippen LogP contribution in [0.15, 0.2) is 36.5 Å². The van der Waals surface area contributed by atoms with Gasteiger partial charge in [-0.05, 0) is 40.6 Å². The third-order valence-electron chi connectivity index (χ3n) is 3.32. The highest BCUT2D eigenvalue weighted by Gasteiger charge is 2.15. The van der Waals surface area contributed by atoms with Gasteiger partial charge in [0.2, 0.25) is 0 Å². The first-order valence-electron chi connectivity index (χ1n) is 6.75. The summed E-state index contributed by atoms with van der Waals surface area (Å²) < 4.78 is 0.930. The van der Waals surface area contributed by atoms with Gasteiger partial charge in [0.1, 0.15) is 5.82 Å². The van der Waals surface area contributed by atoms with Crippen molar-refractivity contribution in [2.24, 2.45) is 0 Å². The summed E-state index contributed by atoms with van der Waals surface area (Å²) in [5.41, 5.74) is 8.85. The van der Waals surface area contributed by atoms with Gasteiger partial charge < -0.3 is 5.73 Å². The summed E-state index contributed by atoms with van der Waals surface area (Å²) in [4.78, 5) is 13.6. The second-order valence-electron chi connectivity index (χ2n) is 5.17. The summed E-state index contributed by atoms with van der Waals surface area (Å²) in [6.45, 7) is 4.21. The molecule has 4 nitrogen and oxygen atoms in total. The van der Waals surface area contributed by atoms with Crippen LogP contribution in [0.4, 0.5) is 5.82 Å². The highest BCUT2D eigenvalue weighted by molar-refractivity contribution is 14.1. The van der Waals surface area contributed by atoms with Crippen LogP contribution in [0.2, 0.25) is 0 Å². The molecular formula is C16H15IN4. The summed E-state index contributed by atoms with van der Waals surface area (Å²) >= 11 is 2.21. The van der Waals surface area contributed by atoms with Crippen molar-refractivity contribution < 1.29 is 0 Å². The minimum atomic E-state index is 0.295. The van der Waals surface area contributed by atoms with Crippen LogP contribution < -0.4 is 5.73 Å². The Balaban J connectivity index is 2.28. The Morgan fingerprint density at radius 2 is 1.86 bits per heavy atom. The molecule has 0 aliphatic rings.